The van der Waals surface area contributed by atoms with Crippen molar-refractivity contribution in [2.75, 3.05) is 5.43 Å². The van der Waals surface area contributed by atoms with Gasteiger partial charge in [-0.25, -0.2) is 9.78 Å². The van der Waals surface area contributed by atoms with Crippen LogP contribution in [0, 0.1) is 0 Å². The number of pyridine rings is 1. The van der Waals surface area contributed by atoms with Crippen molar-refractivity contribution >= 4 is 22.8 Å². The van der Waals surface area contributed by atoms with Gasteiger partial charge in [-0.2, -0.15) is 0 Å². The highest BCUT2D eigenvalue weighted by molar-refractivity contribution is 5.80. The number of amides is 2. The maximum Gasteiger partial charge on any atom is 0.330 e. The molecule has 0 unspecified atom stereocenters. The molecule has 2 amide bonds. The van der Waals surface area contributed by atoms with Crippen LogP contribution in [0.2, 0.25) is 0 Å². The zero-order valence-electron chi connectivity index (χ0n) is 7.90. The first kappa shape index (κ1) is 9.26. The number of hydrazine groups is 1. The van der Waals surface area contributed by atoms with Crippen molar-refractivity contribution < 1.29 is 4.79 Å². The fourth-order valence-electron chi connectivity index (χ4n) is 1.26. The van der Waals surface area contributed by atoms with E-state index in [0.29, 0.717) is 5.82 Å². The summed E-state index contributed by atoms with van der Waals surface area (Å²) >= 11 is 0. The predicted molar refractivity (Wildman–Crippen MR) is 58.1 cm³/mol. The molecule has 0 aliphatic carbocycles. The summed E-state index contributed by atoms with van der Waals surface area (Å²) in [5, 5.41) is 1.04. The third-order valence-electron chi connectivity index (χ3n) is 1.91. The van der Waals surface area contributed by atoms with Crippen LogP contribution in [0.3, 0.4) is 0 Å². The van der Waals surface area contributed by atoms with Gasteiger partial charge in [-0.1, -0.05) is 18.2 Å². The summed E-state index contributed by atoms with van der Waals surface area (Å²) in [5.41, 5.74) is 10.6. The number of anilines is 1. The van der Waals surface area contributed by atoms with Gasteiger partial charge in [0.15, 0.2) is 0 Å². The van der Waals surface area contributed by atoms with E-state index in [1.54, 1.807) is 6.07 Å². The molecule has 0 aliphatic rings. The summed E-state index contributed by atoms with van der Waals surface area (Å²) in [4.78, 5) is 14.7. The van der Waals surface area contributed by atoms with E-state index in [2.05, 4.69) is 15.8 Å². The zero-order chi connectivity index (χ0) is 10.7. The second-order valence-electron chi connectivity index (χ2n) is 3.00. The third kappa shape index (κ3) is 2.14. The van der Waals surface area contributed by atoms with Gasteiger partial charge >= 0.3 is 6.03 Å². The minimum absolute atomic E-state index is 0.549. The first-order chi connectivity index (χ1) is 7.25. The molecule has 2 rings (SSSR count). The molecule has 0 saturated heterocycles. The number of aromatic nitrogens is 1. The Morgan fingerprint density at radius 2 is 2.00 bits per heavy atom. The van der Waals surface area contributed by atoms with Gasteiger partial charge in [0.1, 0.15) is 5.82 Å². The monoisotopic (exact) mass is 202 g/mol. The van der Waals surface area contributed by atoms with Gasteiger partial charge in [-0.05, 0) is 18.2 Å². The molecule has 5 heteroatoms. The molecular weight excluding hydrogens is 192 g/mol. The lowest BCUT2D eigenvalue weighted by atomic mass is 10.2. The van der Waals surface area contributed by atoms with Crippen molar-refractivity contribution in [1.29, 1.82) is 0 Å². The molecule has 5 nitrogen and oxygen atoms in total. The molecule has 4 N–H and O–H groups in total. The van der Waals surface area contributed by atoms with Gasteiger partial charge in [-0.3, -0.25) is 10.9 Å². The second kappa shape index (κ2) is 3.83. The minimum atomic E-state index is -0.648. The van der Waals surface area contributed by atoms with Crippen LogP contribution < -0.4 is 16.6 Å². The average Bonchev–Trinajstić information content (AvgIpc) is 2.26. The Bertz CT molecular complexity index is 498. The average molecular weight is 202 g/mol. The quantitative estimate of drug-likeness (QED) is 0.641. The van der Waals surface area contributed by atoms with Crippen molar-refractivity contribution in [2.45, 2.75) is 0 Å². The van der Waals surface area contributed by atoms with Gasteiger partial charge in [0.25, 0.3) is 0 Å². The van der Waals surface area contributed by atoms with E-state index >= 15 is 0 Å². The lowest BCUT2D eigenvalue weighted by Gasteiger charge is -2.05. The first-order valence-corrected chi connectivity index (χ1v) is 4.43. The van der Waals surface area contributed by atoms with Crippen LogP contribution in [0.4, 0.5) is 10.6 Å². The van der Waals surface area contributed by atoms with Crippen molar-refractivity contribution in [3.05, 3.63) is 36.4 Å². The number of nitrogens with two attached hydrogens (primary N) is 1. The van der Waals surface area contributed by atoms with Gasteiger partial charge in [0, 0.05) is 5.39 Å². The summed E-state index contributed by atoms with van der Waals surface area (Å²) in [5.74, 6) is 0.549. The Balaban J connectivity index is 2.26. The highest BCUT2D eigenvalue weighted by atomic mass is 16.2. The maximum absolute atomic E-state index is 10.5. The molecule has 0 atom stereocenters. The lowest BCUT2D eigenvalue weighted by Crippen LogP contribution is -2.34. The van der Waals surface area contributed by atoms with E-state index < -0.39 is 6.03 Å². The summed E-state index contributed by atoms with van der Waals surface area (Å²) in [6, 6.07) is 10.7. The highest BCUT2D eigenvalue weighted by Gasteiger charge is 1.97. The minimum Gasteiger partial charge on any atom is -0.350 e. The molecule has 0 bridgehead atoms. The number of para-hydroxylation sites is 1. The topological polar surface area (TPSA) is 80.0 Å². The molecule has 1 aromatic carbocycles. The zero-order valence-corrected chi connectivity index (χ0v) is 7.90. The Morgan fingerprint density at radius 1 is 1.20 bits per heavy atom. The fraction of sp³-hybridized carbons (Fsp3) is 0. The number of hydrogen-bond acceptors (Lipinski definition) is 3. The molecule has 0 saturated carbocycles. The summed E-state index contributed by atoms with van der Waals surface area (Å²) in [6.45, 7) is 0. The molecular formula is C10H10N4O. The first-order valence-electron chi connectivity index (χ1n) is 4.43. The van der Waals surface area contributed by atoms with Crippen LogP contribution in [0.5, 0.6) is 0 Å². The van der Waals surface area contributed by atoms with Crippen molar-refractivity contribution in [1.82, 2.24) is 10.4 Å². The standard InChI is InChI=1S/C10H10N4O/c11-10(15)14-13-9-6-5-7-3-1-2-4-8(7)12-9/h1-6H,(H,12,13)(H3,11,14,15). The van der Waals surface area contributed by atoms with Crippen molar-refractivity contribution in [2.24, 2.45) is 5.73 Å². The van der Waals surface area contributed by atoms with E-state index in [-0.39, 0.29) is 0 Å². The van der Waals surface area contributed by atoms with E-state index in [1.807, 2.05) is 30.3 Å². The van der Waals surface area contributed by atoms with Gasteiger partial charge in [0.2, 0.25) is 0 Å². The molecule has 0 fully saturated rings. The number of nitrogens with one attached hydrogen (secondary N) is 2. The lowest BCUT2D eigenvalue weighted by molar-refractivity contribution is 0.250. The van der Waals surface area contributed by atoms with Crippen molar-refractivity contribution in [3.63, 3.8) is 0 Å². The number of hydrogen-bond donors (Lipinski definition) is 3. The number of rotatable bonds is 2. The Kier molecular flexibility index (Phi) is 2.37. The van der Waals surface area contributed by atoms with E-state index in [1.165, 1.54) is 0 Å². The summed E-state index contributed by atoms with van der Waals surface area (Å²) in [7, 11) is 0. The molecule has 1 heterocycles. The van der Waals surface area contributed by atoms with Crippen LogP contribution in [0.15, 0.2) is 36.4 Å². The Labute approximate surface area is 86.3 Å². The molecule has 0 spiro atoms. The Morgan fingerprint density at radius 3 is 2.80 bits per heavy atom. The van der Waals surface area contributed by atoms with Gasteiger partial charge in [0.05, 0.1) is 5.52 Å². The summed E-state index contributed by atoms with van der Waals surface area (Å²) < 4.78 is 0. The number of carbonyl (C=O) groups excluding carboxylic acids is 1. The number of nitrogens with zero attached hydrogens (tertiary/aromatic N) is 1. The third-order valence-corrected chi connectivity index (χ3v) is 1.91. The maximum atomic E-state index is 10.5. The van der Waals surface area contributed by atoms with Crippen LogP contribution in [0.1, 0.15) is 0 Å². The smallest absolute Gasteiger partial charge is 0.330 e. The number of fused-ring (bicyclic) bond motifs is 1. The largest absolute Gasteiger partial charge is 0.350 e. The van der Waals surface area contributed by atoms with Gasteiger partial charge < -0.3 is 5.73 Å². The van der Waals surface area contributed by atoms with Crippen LogP contribution in [0.25, 0.3) is 10.9 Å². The molecule has 0 aliphatic heterocycles. The second-order valence-corrected chi connectivity index (χ2v) is 3.00. The molecule has 76 valence electrons. The van der Waals surface area contributed by atoms with E-state index in [9.17, 15) is 4.79 Å². The SMILES string of the molecule is NC(=O)NNc1ccc2ccccc2n1. The highest BCUT2D eigenvalue weighted by Crippen LogP contribution is 2.13. The molecule has 2 aromatic rings. The van der Waals surface area contributed by atoms with Crippen LogP contribution in [-0.4, -0.2) is 11.0 Å². The number of urea groups is 1. The van der Waals surface area contributed by atoms with Crippen LogP contribution >= 0.6 is 0 Å². The predicted octanol–water partition coefficient (Wildman–Crippen LogP) is 1.23. The normalized spacial score (nSPS) is 9.87. The number of benzene rings is 1. The van der Waals surface area contributed by atoms with Crippen molar-refractivity contribution in [3.8, 4) is 0 Å². The van der Waals surface area contributed by atoms with Gasteiger partial charge in [-0.15, -0.1) is 0 Å². The van der Waals surface area contributed by atoms with E-state index in [0.717, 1.165) is 10.9 Å². The van der Waals surface area contributed by atoms with Crippen LogP contribution in [-0.2, 0) is 0 Å². The number of carbonyl (C=O) groups is 1. The van der Waals surface area contributed by atoms with E-state index in [4.69, 9.17) is 5.73 Å². The molecule has 0 radical (unpaired) electrons. The molecule has 15 heavy (non-hydrogen) atoms. The Hall–Kier alpha value is -2.30. The number of primary amides is 1. The molecule has 1 aromatic heterocycles. The fourth-order valence-corrected chi connectivity index (χ4v) is 1.26. The summed E-state index contributed by atoms with van der Waals surface area (Å²) in [6.07, 6.45) is 0.